The highest BCUT2D eigenvalue weighted by Gasteiger charge is 2.32. The Kier molecular flexibility index (Phi) is 4.54. The molecule has 0 aliphatic rings. The van der Waals surface area contributed by atoms with Crippen molar-refractivity contribution in [2.75, 3.05) is 12.8 Å². The van der Waals surface area contributed by atoms with Crippen LogP contribution in [-0.4, -0.2) is 24.4 Å². The van der Waals surface area contributed by atoms with Gasteiger partial charge in [-0.25, -0.2) is 4.98 Å². The Balaban J connectivity index is 3.14. The molecule has 0 aliphatic carbocycles. The van der Waals surface area contributed by atoms with E-state index in [4.69, 9.17) is 11.5 Å². The number of nitrogens with zero attached hydrogens (tertiary/aromatic N) is 1. The third kappa shape index (κ3) is 4.28. The number of aromatic nitrogens is 1. The summed E-state index contributed by atoms with van der Waals surface area (Å²) in [7, 11) is 1.15. The molecule has 4 N–H and O–H groups in total. The van der Waals surface area contributed by atoms with Gasteiger partial charge in [0, 0.05) is 12.6 Å². The standard InChI is InChI=1S/C10H12F3N3O3/c1-18-8(17)3-5-2-7(19-10(11,12)13)6(4-14)9(15)16-5/h2H,3-4,14H2,1H3,(H2,15,16). The SMILES string of the molecule is COC(=O)Cc1cc(OC(F)(F)F)c(CN)c(N)n1. The predicted molar refractivity (Wildman–Crippen MR) is 58.9 cm³/mol. The van der Waals surface area contributed by atoms with E-state index in [2.05, 4.69) is 14.5 Å². The number of carbonyl (C=O) groups is 1. The number of methoxy groups -OCH3 is 1. The molecule has 19 heavy (non-hydrogen) atoms. The van der Waals surface area contributed by atoms with Crippen LogP contribution in [-0.2, 0) is 22.5 Å². The van der Waals surface area contributed by atoms with Crippen LogP contribution in [0, 0.1) is 0 Å². The molecule has 9 heteroatoms. The minimum Gasteiger partial charge on any atom is -0.469 e. The Morgan fingerprint density at radius 1 is 1.47 bits per heavy atom. The molecule has 0 aliphatic heterocycles. The molecule has 0 bridgehead atoms. The number of halogens is 3. The number of alkyl halides is 3. The Morgan fingerprint density at radius 2 is 2.11 bits per heavy atom. The summed E-state index contributed by atoms with van der Waals surface area (Å²) in [5.74, 6) is -1.45. The molecule has 0 saturated heterocycles. The average Bonchev–Trinajstić information content (AvgIpc) is 2.26. The lowest BCUT2D eigenvalue weighted by atomic mass is 10.2. The van der Waals surface area contributed by atoms with Gasteiger partial charge in [-0.1, -0.05) is 0 Å². The van der Waals surface area contributed by atoms with E-state index in [0.717, 1.165) is 13.2 Å². The van der Waals surface area contributed by atoms with Crippen molar-refractivity contribution in [2.24, 2.45) is 5.73 Å². The van der Waals surface area contributed by atoms with E-state index in [0.29, 0.717) is 0 Å². The highest BCUT2D eigenvalue weighted by atomic mass is 19.4. The quantitative estimate of drug-likeness (QED) is 0.788. The first-order chi connectivity index (χ1) is 8.76. The summed E-state index contributed by atoms with van der Waals surface area (Å²) in [5, 5.41) is 0. The molecule has 0 saturated carbocycles. The molecule has 1 rings (SSSR count). The van der Waals surface area contributed by atoms with Gasteiger partial charge >= 0.3 is 12.3 Å². The lowest BCUT2D eigenvalue weighted by Gasteiger charge is -2.15. The molecule has 6 nitrogen and oxygen atoms in total. The van der Waals surface area contributed by atoms with Crippen LogP contribution >= 0.6 is 0 Å². The number of carbonyl (C=O) groups excluding carboxylic acids is 1. The van der Waals surface area contributed by atoms with Crippen LogP contribution in [0.25, 0.3) is 0 Å². The molecule has 0 radical (unpaired) electrons. The molecular formula is C10H12F3N3O3. The number of rotatable bonds is 4. The maximum atomic E-state index is 12.2. The first kappa shape index (κ1) is 15.0. The minimum atomic E-state index is -4.89. The van der Waals surface area contributed by atoms with Gasteiger partial charge in [0.15, 0.2) is 0 Å². The molecule has 0 atom stereocenters. The van der Waals surface area contributed by atoms with E-state index in [1.54, 1.807) is 0 Å². The second kappa shape index (κ2) is 5.74. The minimum absolute atomic E-state index is 0.000741. The van der Waals surface area contributed by atoms with Crippen LogP contribution in [0.15, 0.2) is 6.07 Å². The average molecular weight is 279 g/mol. The second-order valence-electron chi connectivity index (χ2n) is 3.48. The van der Waals surface area contributed by atoms with Crippen molar-refractivity contribution < 1.29 is 27.4 Å². The summed E-state index contributed by atoms with van der Waals surface area (Å²) >= 11 is 0. The van der Waals surface area contributed by atoms with Crippen LogP contribution < -0.4 is 16.2 Å². The third-order valence-corrected chi connectivity index (χ3v) is 2.15. The van der Waals surface area contributed by atoms with Crippen molar-refractivity contribution >= 4 is 11.8 Å². The number of hydrogen-bond donors (Lipinski definition) is 2. The van der Waals surface area contributed by atoms with Gasteiger partial charge in [-0.15, -0.1) is 13.2 Å². The zero-order valence-corrected chi connectivity index (χ0v) is 9.95. The number of anilines is 1. The third-order valence-electron chi connectivity index (χ3n) is 2.15. The molecule has 0 fully saturated rings. The molecule has 0 aromatic carbocycles. The summed E-state index contributed by atoms with van der Waals surface area (Å²) in [5.41, 5.74) is 10.7. The first-order valence-electron chi connectivity index (χ1n) is 5.07. The van der Waals surface area contributed by atoms with Crippen molar-refractivity contribution in [3.05, 3.63) is 17.3 Å². The van der Waals surface area contributed by atoms with E-state index < -0.39 is 18.1 Å². The van der Waals surface area contributed by atoms with Gasteiger partial charge in [0.25, 0.3) is 0 Å². The molecule has 0 amide bonds. The maximum Gasteiger partial charge on any atom is 0.573 e. The topological polar surface area (TPSA) is 100 Å². The lowest BCUT2D eigenvalue weighted by Crippen LogP contribution is -2.20. The summed E-state index contributed by atoms with van der Waals surface area (Å²) in [4.78, 5) is 14.8. The Bertz CT molecular complexity index is 477. The van der Waals surface area contributed by atoms with Gasteiger partial charge in [0.1, 0.15) is 11.6 Å². The summed E-state index contributed by atoms with van der Waals surface area (Å²) < 4.78 is 44.9. The van der Waals surface area contributed by atoms with Crippen LogP contribution in [0.3, 0.4) is 0 Å². The van der Waals surface area contributed by atoms with Gasteiger partial charge in [0.2, 0.25) is 0 Å². The fourth-order valence-electron chi connectivity index (χ4n) is 1.35. The van der Waals surface area contributed by atoms with Crippen LogP contribution in [0.5, 0.6) is 5.75 Å². The lowest BCUT2D eigenvalue weighted by molar-refractivity contribution is -0.274. The molecule has 0 unspecified atom stereocenters. The second-order valence-corrected chi connectivity index (χ2v) is 3.48. The van der Waals surface area contributed by atoms with Gasteiger partial charge < -0.3 is 20.9 Å². The first-order valence-corrected chi connectivity index (χ1v) is 5.07. The van der Waals surface area contributed by atoms with Crippen LogP contribution in [0.1, 0.15) is 11.3 Å². The van der Waals surface area contributed by atoms with Gasteiger partial charge in [-0.3, -0.25) is 4.79 Å². The Labute approximate surface area is 106 Å². The summed E-state index contributed by atoms with van der Waals surface area (Å²) in [6.07, 6.45) is -5.21. The Morgan fingerprint density at radius 3 is 2.58 bits per heavy atom. The monoisotopic (exact) mass is 279 g/mol. The van der Waals surface area contributed by atoms with Gasteiger partial charge in [-0.05, 0) is 0 Å². The molecule has 1 heterocycles. The normalized spacial score (nSPS) is 11.2. The van der Waals surface area contributed by atoms with Gasteiger partial charge in [0.05, 0.1) is 24.8 Å². The predicted octanol–water partition coefficient (Wildman–Crippen LogP) is 0.737. The number of nitrogens with two attached hydrogens (primary N) is 2. The van der Waals surface area contributed by atoms with E-state index in [1.807, 2.05) is 0 Å². The van der Waals surface area contributed by atoms with Crippen molar-refractivity contribution in [2.45, 2.75) is 19.3 Å². The number of pyridine rings is 1. The number of hydrogen-bond acceptors (Lipinski definition) is 6. The number of esters is 1. The molecule has 1 aromatic rings. The molecule has 0 spiro atoms. The van der Waals surface area contributed by atoms with Crippen LogP contribution in [0.2, 0.25) is 0 Å². The van der Waals surface area contributed by atoms with E-state index >= 15 is 0 Å². The van der Waals surface area contributed by atoms with E-state index in [1.165, 1.54) is 0 Å². The van der Waals surface area contributed by atoms with E-state index in [9.17, 15) is 18.0 Å². The number of nitrogen functional groups attached to an aromatic ring is 1. The van der Waals surface area contributed by atoms with E-state index in [-0.39, 0.29) is 30.0 Å². The fraction of sp³-hybridized carbons (Fsp3) is 0.400. The maximum absolute atomic E-state index is 12.2. The summed E-state index contributed by atoms with van der Waals surface area (Å²) in [6, 6.07) is 0.961. The van der Waals surface area contributed by atoms with Crippen molar-refractivity contribution in [3.8, 4) is 5.75 Å². The van der Waals surface area contributed by atoms with Crippen LogP contribution in [0.4, 0.5) is 19.0 Å². The highest BCUT2D eigenvalue weighted by molar-refractivity contribution is 5.72. The van der Waals surface area contributed by atoms with Gasteiger partial charge in [-0.2, -0.15) is 0 Å². The fourth-order valence-corrected chi connectivity index (χ4v) is 1.35. The Hall–Kier alpha value is -2.03. The van der Waals surface area contributed by atoms with Crippen molar-refractivity contribution in [1.29, 1.82) is 0 Å². The van der Waals surface area contributed by atoms with Crippen molar-refractivity contribution in [1.82, 2.24) is 4.98 Å². The molecule has 106 valence electrons. The van der Waals surface area contributed by atoms with Crippen molar-refractivity contribution in [3.63, 3.8) is 0 Å². The summed E-state index contributed by atoms with van der Waals surface area (Å²) in [6.45, 7) is -0.275. The highest BCUT2D eigenvalue weighted by Crippen LogP contribution is 2.29. The zero-order valence-electron chi connectivity index (χ0n) is 9.95. The smallest absolute Gasteiger partial charge is 0.469 e. The molecular weight excluding hydrogens is 267 g/mol. The number of ether oxygens (including phenoxy) is 2. The molecule has 1 aromatic heterocycles. The zero-order chi connectivity index (χ0) is 14.6. The largest absolute Gasteiger partial charge is 0.573 e.